The van der Waals surface area contributed by atoms with Gasteiger partial charge in [-0.25, -0.2) is 8.78 Å². The third kappa shape index (κ3) is 2.40. The first-order valence-electron chi connectivity index (χ1n) is 5.59. The highest BCUT2D eigenvalue weighted by atomic mass is 19.2. The Kier molecular flexibility index (Phi) is 3.59. The predicted molar refractivity (Wildman–Crippen MR) is 62.2 cm³/mol. The zero-order chi connectivity index (χ0) is 12.4. The van der Waals surface area contributed by atoms with Gasteiger partial charge in [0.1, 0.15) is 0 Å². The molecular weight excluding hydrogens is 226 g/mol. The number of halogens is 2. The van der Waals surface area contributed by atoms with E-state index in [9.17, 15) is 8.78 Å². The van der Waals surface area contributed by atoms with Gasteiger partial charge in [-0.1, -0.05) is 6.07 Å². The largest absolute Gasteiger partial charge is 0.375 e. The molecule has 0 aromatic heterocycles. The first-order chi connectivity index (χ1) is 8.11. The van der Waals surface area contributed by atoms with Crippen molar-refractivity contribution in [3.8, 4) is 0 Å². The first kappa shape index (κ1) is 12.3. The Hall–Kier alpha value is -1.20. The predicted octanol–water partition coefficient (Wildman–Crippen LogP) is 1.69. The second-order valence-electron chi connectivity index (χ2n) is 4.26. The number of morpholine rings is 1. The summed E-state index contributed by atoms with van der Waals surface area (Å²) in [5.41, 5.74) is 0.944. The Bertz CT molecular complexity index is 404. The fourth-order valence-electron chi connectivity index (χ4n) is 2.03. The number of benzene rings is 1. The van der Waals surface area contributed by atoms with Crippen molar-refractivity contribution in [2.45, 2.75) is 6.10 Å². The van der Waals surface area contributed by atoms with E-state index in [1.165, 1.54) is 0 Å². The molecule has 1 unspecified atom stereocenters. The molecule has 1 aromatic rings. The zero-order valence-electron chi connectivity index (χ0n) is 9.96. The molecule has 1 saturated heterocycles. The molecule has 0 saturated carbocycles. The molecule has 1 aromatic carbocycles. The highest BCUT2D eigenvalue weighted by Crippen LogP contribution is 2.32. The number of nitrogens with one attached hydrogen (secondary N) is 1. The van der Waals surface area contributed by atoms with Gasteiger partial charge >= 0.3 is 0 Å². The molecule has 0 amide bonds. The van der Waals surface area contributed by atoms with Crippen LogP contribution in [0, 0.1) is 11.6 Å². The zero-order valence-corrected chi connectivity index (χ0v) is 9.96. The van der Waals surface area contributed by atoms with Crippen LogP contribution in [0.2, 0.25) is 0 Å². The minimum absolute atomic E-state index is 0.226. The summed E-state index contributed by atoms with van der Waals surface area (Å²) < 4.78 is 32.6. The highest BCUT2D eigenvalue weighted by Gasteiger charge is 2.23. The fourth-order valence-corrected chi connectivity index (χ4v) is 2.03. The van der Waals surface area contributed by atoms with Crippen LogP contribution in [0.15, 0.2) is 12.1 Å². The van der Waals surface area contributed by atoms with Crippen molar-refractivity contribution < 1.29 is 13.5 Å². The molecule has 0 spiro atoms. The van der Waals surface area contributed by atoms with Crippen LogP contribution in [0.25, 0.3) is 0 Å². The van der Waals surface area contributed by atoms with Crippen LogP contribution < -0.4 is 10.2 Å². The van der Waals surface area contributed by atoms with Gasteiger partial charge in [0.15, 0.2) is 11.6 Å². The Morgan fingerprint density at radius 2 is 2.12 bits per heavy atom. The molecule has 94 valence electrons. The third-order valence-corrected chi connectivity index (χ3v) is 2.82. The second-order valence-corrected chi connectivity index (χ2v) is 4.26. The molecule has 5 heteroatoms. The van der Waals surface area contributed by atoms with Crippen LogP contribution in [-0.4, -0.2) is 33.8 Å². The maximum atomic E-state index is 13.8. The van der Waals surface area contributed by atoms with E-state index in [4.69, 9.17) is 4.74 Å². The fraction of sp³-hybridized carbons (Fsp3) is 0.500. The smallest absolute Gasteiger partial charge is 0.182 e. The average Bonchev–Trinajstić information content (AvgIpc) is 2.33. The number of anilines is 1. The van der Waals surface area contributed by atoms with Crippen molar-refractivity contribution in [3.63, 3.8) is 0 Å². The van der Waals surface area contributed by atoms with Gasteiger partial charge in [0, 0.05) is 32.7 Å². The monoisotopic (exact) mass is 242 g/mol. The van der Waals surface area contributed by atoms with Crippen LogP contribution in [0.1, 0.15) is 11.7 Å². The molecule has 1 atom stereocenters. The van der Waals surface area contributed by atoms with Gasteiger partial charge in [-0.2, -0.15) is 0 Å². The summed E-state index contributed by atoms with van der Waals surface area (Å²) in [6.45, 7) is 1.99. The topological polar surface area (TPSA) is 24.5 Å². The maximum Gasteiger partial charge on any atom is 0.182 e. The van der Waals surface area contributed by atoms with Gasteiger partial charge < -0.3 is 15.0 Å². The Balaban J connectivity index is 2.41. The van der Waals surface area contributed by atoms with Crippen molar-refractivity contribution in [2.24, 2.45) is 0 Å². The summed E-state index contributed by atoms with van der Waals surface area (Å²) in [5.74, 6) is -1.65. The van der Waals surface area contributed by atoms with Crippen LogP contribution in [0.4, 0.5) is 14.5 Å². The lowest BCUT2D eigenvalue weighted by Gasteiger charge is -2.28. The Morgan fingerprint density at radius 3 is 2.71 bits per heavy atom. The minimum atomic E-state index is -0.832. The van der Waals surface area contributed by atoms with Crippen molar-refractivity contribution in [3.05, 3.63) is 29.3 Å². The van der Waals surface area contributed by atoms with E-state index < -0.39 is 11.6 Å². The number of rotatable bonds is 2. The molecule has 1 N–H and O–H groups in total. The minimum Gasteiger partial charge on any atom is -0.375 e. The summed E-state index contributed by atoms with van der Waals surface area (Å²) in [4.78, 5) is 1.58. The Labute approximate surface area is 99.4 Å². The molecule has 1 fully saturated rings. The van der Waals surface area contributed by atoms with Gasteiger partial charge in [-0.3, -0.25) is 0 Å². The summed E-state index contributed by atoms with van der Waals surface area (Å²) >= 11 is 0. The molecule has 1 aliphatic heterocycles. The standard InChI is InChI=1S/C12H16F2N2O/c1-16(2)12-8(3-4-9(13)11(12)14)10-7-15-5-6-17-10/h3-4,10,15H,5-7H2,1-2H3. The second kappa shape index (κ2) is 4.98. The molecule has 1 heterocycles. The molecule has 0 bridgehead atoms. The van der Waals surface area contributed by atoms with E-state index in [0.29, 0.717) is 18.7 Å². The number of nitrogens with zero attached hydrogens (tertiary/aromatic N) is 1. The summed E-state index contributed by atoms with van der Waals surface area (Å²) in [6.07, 6.45) is -0.226. The molecular formula is C12H16F2N2O. The van der Waals surface area contributed by atoms with Crippen molar-refractivity contribution in [1.29, 1.82) is 0 Å². The average molecular weight is 242 g/mol. The molecule has 0 aliphatic carbocycles. The first-order valence-corrected chi connectivity index (χ1v) is 5.59. The van der Waals surface area contributed by atoms with Gasteiger partial charge in [0.05, 0.1) is 18.4 Å². The number of hydrogen-bond acceptors (Lipinski definition) is 3. The molecule has 17 heavy (non-hydrogen) atoms. The third-order valence-electron chi connectivity index (χ3n) is 2.82. The van der Waals surface area contributed by atoms with Gasteiger partial charge in [-0.15, -0.1) is 0 Å². The van der Waals surface area contributed by atoms with Crippen LogP contribution in [-0.2, 0) is 4.74 Å². The van der Waals surface area contributed by atoms with E-state index in [1.807, 2.05) is 0 Å². The SMILES string of the molecule is CN(C)c1c(C2CNCCO2)ccc(F)c1F. The summed E-state index contributed by atoms with van der Waals surface area (Å²) in [6, 6.07) is 2.74. The lowest BCUT2D eigenvalue weighted by Crippen LogP contribution is -2.34. The molecule has 1 aliphatic rings. The summed E-state index contributed by atoms with van der Waals surface area (Å²) in [7, 11) is 3.38. The van der Waals surface area contributed by atoms with E-state index >= 15 is 0 Å². The van der Waals surface area contributed by atoms with E-state index in [2.05, 4.69) is 5.32 Å². The van der Waals surface area contributed by atoms with E-state index in [0.717, 1.165) is 12.6 Å². The van der Waals surface area contributed by atoms with Crippen molar-refractivity contribution in [2.75, 3.05) is 38.7 Å². The number of ether oxygens (including phenoxy) is 1. The van der Waals surface area contributed by atoms with Gasteiger partial charge in [0.2, 0.25) is 0 Å². The number of hydrogen-bond donors (Lipinski definition) is 1. The van der Waals surface area contributed by atoms with Crippen molar-refractivity contribution >= 4 is 5.69 Å². The van der Waals surface area contributed by atoms with Gasteiger partial charge in [-0.05, 0) is 6.07 Å². The quantitative estimate of drug-likeness (QED) is 0.854. The van der Waals surface area contributed by atoms with E-state index in [1.54, 1.807) is 25.1 Å². The lowest BCUT2D eigenvalue weighted by atomic mass is 10.0. The normalized spacial score (nSPS) is 20.4. The lowest BCUT2D eigenvalue weighted by molar-refractivity contribution is 0.0278. The maximum absolute atomic E-state index is 13.8. The Morgan fingerprint density at radius 1 is 1.35 bits per heavy atom. The molecule has 0 radical (unpaired) electrons. The van der Waals surface area contributed by atoms with E-state index in [-0.39, 0.29) is 11.8 Å². The molecule has 3 nitrogen and oxygen atoms in total. The van der Waals surface area contributed by atoms with Crippen molar-refractivity contribution in [1.82, 2.24) is 5.32 Å². The molecule has 2 rings (SSSR count). The van der Waals surface area contributed by atoms with Gasteiger partial charge in [0.25, 0.3) is 0 Å². The summed E-state index contributed by atoms with van der Waals surface area (Å²) in [5, 5.41) is 3.17. The van der Waals surface area contributed by atoms with Crippen LogP contribution >= 0.6 is 0 Å². The van der Waals surface area contributed by atoms with Crippen LogP contribution in [0.5, 0.6) is 0 Å². The van der Waals surface area contributed by atoms with Crippen LogP contribution in [0.3, 0.4) is 0 Å². The highest BCUT2D eigenvalue weighted by molar-refractivity contribution is 5.55.